The normalized spacial score (nSPS) is 26.6. The van der Waals surface area contributed by atoms with E-state index in [9.17, 15) is 18.0 Å². The summed E-state index contributed by atoms with van der Waals surface area (Å²) in [5.74, 6) is -1.20. The highest BCUT2D eigenvalue weighted by Crippen LogP contribution is 2.42. The Balaban J connectivity index is 1.60. The first kappa shape index (κ1) is 19.2. The molecule has 1 amide bonds. The van der Waals surface area contributed by atoms with E-state index in [1.165, 1.54) is 0 Å². The molecule has 4 rings (SSSR count). The predicted octanol–water partition coefficient (Wildman–Crippen LogP) is 3.40. The third-order valence-corrected chi connectivity index (χ3v) is 5.79. The molecule has 152 valence electrons. The van der Waals surface area contributed by atoms with E-state index < -0.39 is 12.1 Å². The van der Waals surface area contributed by atoms with Crippen LogP contribution in [-0.4, -0.2) is 51.8 Å². The van der Waals surface area contributed by atoms with Gasteiger partial charge in [0, 0.05) is 24.2 Å². The molecule has 6 nitrogen and oxygen atoms in total. The van der Waals surface area contributed by atoms with E-state index in [4.69, 9.17) is 4.74 Å². The van der Waals surface area contributed by atoms with Crippen molar-refractivity contribution >= 4 is 12.1 Å². The van der Waals surface area contributed by atoms with Crippen molar-refractivity contribution in [2.45, 2.75) is 50.8 Å². The van der Waals surface area contributed by atoms with Gasteiger partial charge in [-0.25, -0.2) is 9.50 Å². The van der Waals surface area contributed by atoms with Crippen LogP contribution in [0.15, 0.2) is 12.1 Å². The highest BCUT2D eigenvalue weighted by molar-refractivity contribution is 5.48. The van der Waals surface area contributed by atoms with Crippen LogP contribution in [-0.2, 0) is 9.53 Å². The maximum Gasteiger partial charge on any atom is 0.391 e. The quantitative estimate of drug-likeness (QED) is 0.746. The fourth-order valence-corrected chi connectivity index (χ4v) is 4.24. The monoisotopic (exact) mass is 396 g/mol. The van der Waals surface area contributed by atoms with Crippen molar-refractivity contribution < 1.29 is 22.7 Å². The number of ether oxygens (including phenoxy) is 1. The van der Waals surface area contributed by atoms with Crippen LogP contribution < -0.4 is 0 Å². The molecule has 0 spiro atoms. The van der Waals surface area contributed by atoms with Gasteiger partial charge in [0.25, 0.3) is 0 Å². The lowest BCUT2D eigenvalue weighted by Crippen LogP contribution is -2.38. The molecule has 1 aliphatic heterocycles. The number of amides is 1. The lowest BCUT2D eigenvalue weighted by atomic mass is 9.80. The molecule has 1 saturated carbocycles. The summed E-state index contributed by atoms with van der Waals surface area (Å²) in [5.41, 5.74) is 3.06. The van der Waals surface area contributed by atoms with Gasteiger partial charge in [-0.05, 0) is 38.7 Å². The van der Waals surface area contributed by atoms with Crippen LogP contribution in [0.5, 0.6) is 0 Å². The summed E-state index contributed by atoms with van der Waals surface area (Å²) in [6, 6.07) is 3.76. The number of halogens is 3. The van der Waals surface area contributed by atoms with E-state index >= 15 is 0 Å². The molecule has 9 heteroatoms. The Hall–Kier alpha value is -2.16. The molecular weight excluding hydrogens is 373 g/mol. The van der Waals surface area contributed by atoms with Crippen molar-refractivity contribution in [1.29, 1.82) is 0 Å². The molecule has 1 aliphatic carbocycles. The molecule has 0 bridgehead atoms. The van der Waals surface area contributed by atoms with E-state index in [-0.39, 0.29) is 24.9 Å². The third kappa shape index (κ3) is 3.72. The molecule has 0 aromatic carbocycles. The van der Waals surface area contributed by atoms with Crippen LogP contribution >= 0.6 is 0 Å². The zero-order chi connectivity index (χ0) is 19.9. The van der Waals surface area contributed by atoms with Gasteiger partial charge in [-0.2, -0.15) is 18.3 Å². The van der Waals surface area contributed by atoms with E-state index in [0.29, 0.717) is 38.2 Å². The average Bonchev–Trinajstić information content (AvgIpc) is 3.10. The van der Waals surface area contributed by atoms with Crippen molar-refractivity contribution in [3.05, 3.63) is 29.2 Å². The highest BCUT2D eigenvalue weighted by atomic mass is 19.4. The number of carbonyl (C=O) groups excluding carboxylic acids is 1. The van der Waals surface area contributed by atoms with Gasteiger partial charge in [0.2, 0.25) is 6.41 Å². The van der Waals surface area contributed by atoms with Gasteiger partial charge in [0.05, 0.1) is 30.5 Å². The zero-order valence-electron chi connectivity index (χ0n) is 15.7. The van der Waals surface area contributed by atoms with Gasteiger partial charge < -0.3 is 9.64 Å². The van der Waals surface area contributed by atoms with Crippen LogP contribution in [0.25, 0.3) is 5.65 Å². The second-order valence-corrected chi connectivity index (χ2v) is 7.71. The molecule has 0 radical (unpaired) electrons. The van der Waals surface area contributed by atoms with Gasteiger partial charge in [0.1, 0.15) is 6.10 Å². The van der Waals surface area contributed by atoms with Gasteiger partial charge in [-0.15, -0.1) is 0 Å². The Labute approximate surface area is 160 Å². The maximum absolute atomic E-state index is 12.9. The standard InChI is InChI=1S/C19H23F3N4O2/c1-12-8-16(17-10-25(11-27)6-7-28-17)26-18(23-12)9-15(24-26)13-2-4-14(5-3-13)19(20,21)22/h8-9,11,13-14,17H,2-7,10H2,1H3/t13?,14?,17-/m0/s1. The van der Waals surface area contributed by atoms with Gasteiger partial charge in [0.15, 0.2) is 5.65 Å². The summed E-state index contributed by atoms with van der Waals surface area (Å²) in [5, 5.41) is 4.68. The van der Waals surface area contributed by atoms with Crippen molar-refractivity contribution in [2.24, 2.45) is 5.92 Å². The Bertz CT molecular complexity index is 859. The number of aromatic nitrogens is 3. The second-order valence-electron chi connectivity index (χ2n) is 7.71. The van der Waals surface area contributed by atoms with Crippen LogP contribution in [0.3, 0.4) is 0 Å². The molecule has 0 unspecified atom stereocenters. The lowest BCUT2D eigenvalue weighted by Gasteiger charge is -2.30. The summed E-state index contributed by atoms with van der Waals surface area (Å²) in [4.78, 5) is 17.3. The molecule has 1 atom stereocenters. The SMILES string of the molecule is Cc1cc([C@@H]2CN(C=O)CCO2)n2nc(C3CCC(C(F)(F)F)CC3)cc2n1. The van der Waals surface area contributed by atoms with Crippen LogP contribution in [0.1, 0.15) is 54.8 Å². The fraction of sp³-hybridized carbons (Fsp3) is 0.632. The Morgan fingerprint density at radius 2 is 1.96 bits per heavy atom. The minimum Gasteiger partial charge on any atom is -0.368 e. The molecule has 28 heavy (non-hydrogen) atoms. The smallest absolute Gasteiger partial charge is 0.368 e. The average molecular weight is 396 g/mol. The molecule has 2 aromatic rings. The van der Waals surface area contributed by atoms with Crippen LogP contribution in [0.2, 0.25) is 0 Å². The lowest BCUT2D eigenvalue weighted by molar-refractivity contribution is -0.182. The number of aryl methyl sites for hydroxylation is 1. The summed E-state index contributed by atoms with van der Waals surface area (Å²) in [6.07, 6.45) is -2.38. The van der Waals surface area contributed by atoms with Crippen molar-refractivity contribution in [3.8, 4) is 0 Å². The van der Waals surface area contributed by atoms with Crippen molar-refractivity contribution in [3.63, 3.8) is 0 Å². The highest BCUT2D eigenvalue weighted by Gasteiger charge is 2.42. The number of fused-ring (bicyclic) bond motifs is 1. The number of morpholine rings is 1. The first-order valence-corrected chi connectivity index (χ1v) is 9.60. The number of hydrogen-bond donors (Lipinski definition) is 0. The molecule has 2 aromatic heterocycles. The minimum atomic E-state index is -4.11. The summed E-state index contributed by atoms with van der Waals surface area (Å²) in [7, 11) is 0. The molecule has 2 aliphatic rings. The Morgan fingerprint density at radius 1 is 1.21 bits per heavy atom. The first-order chi connectivity index (χ1) is 13.3. The summed E-state index contributed by atoms with van der Waals surface area (Å²) < 4.78 is 46.4. The zero-order valence-corrected chi connectivity index (χ0v) is 15.7. The number of alkyl halides is 3. The predicted molar refractivity (Wildman–Crippen MR) is 94.8 cm³/mol. The summed E-state index contributed by atoms with van der Waals surface area (Å²) in [6.45, 7) is 3.32. The Morgan fingerprint density at radius 3 is 2.64 bits per heavy atom. The second kappa shape index (κ2) is 7.35. The number of hydrogen-bond acceptors (Lipinski definition) is 4. The largest absolute Gasteiger partial charge is 0.391 e. The number of rotatable bonds is 3. The third-order valence-electron chi connectivity index (χ3n) is 5.79. The number of nitrogens with zero attached hydrogens (tertiary/aromatic N) is 4. The van der Waals surface area contributed by atoms with Gasteiger partial charge in [-0.3, -0.25) is 4.79 Å². The first-order valence-electron chi connectivity index (χ1n) is 9.60. The topological polar surface area (TPSA) is 59.7 Å². The molecular formula is C19H23F3N4O2. The summed E-state index contributed by atoms with van der Waals surface area (Å²) >= 11 is 0. The van der Waals surface area contributed by atoms with Gasteiger partial charge >= 0.3 is 6.18 Å². The number of carbonyl (C=O) groups is 1. The van der Waals surface area contributed by atoms with Crippen molar-refractivity contribution in [1.82, 2.24) is 19.5 Å². The fourth-order valence-electron chi connectivity index (χ4n) is 4.24. The van der Waals surface area contributed by atoms with E-state index in [2.05, 4.69) is 10.1 Å². The Kier molecular flexibility index (Phi) is 5.03. The molecule has 3 heterocycles. The van der Waals surface area contributed by atoms with Gasteiger partial charge in [-0.1, -0.05) is 0 Å². The van der Waals surface area contributed by atoms with E-state index in [1.54, 1.807) is 9.42 Å². The van der Waals surface area contributed by atoms with E-state index in [0.717, 1.165) is 23.5 Å². The molecule has 1 saturated heterocycles. The maximum atomic E-state index is 12.9. The van der Waals surface area contributed by atoms with Crippen LogP contribution in [0, 0.1) is 12.8 Å². The van der Waals surface area contributed by atoms with Crippen molar-refractivity contribution in [2.75, 3.05) is 19.7 Å². The molecule has 0 N–H and O–H groups in total. The molecule has 2 fully saturated rings. The minimum absolute atomic E-state index is 0.00667. The van der Waals surface area contributed by atoms with Crippen LogP contribution in [0.4, 0.5) is 13.2 Å². The van der Waals surface area contributed by atoms with E-state index in [1.807, 2.05) is 19.1 Å².